The van der Waals surface area contributed by atoms with Crippen molar-refractivity contribution in [1.82, 2.24) is 24.8 Å². The average molecular weight is 522 g/mol. The lowest BCUT2D eigenvalue weighted by Crippen LogP contribution is -2.46. The van der Waals surface area contributed by atoms with Crippen LogP contribution < -0.4 is 4.90 Å². The lowest BCUT2D eigenvalue weighted by atomic mass is 10.1. The number of alkyl halides is 6. The normalized spacial score (nSPS) is 14.3. The molecule has 0 aliphatic carbocycles. The summed E-state index contributed by atoms with van der Waals surface area (Å²) in [5.41, 5.74) is 3.46. The lowest BCUT2D eigenvalue weighted by molar-refractivity contribution is -0.193. The molecule has 0 spiro atoms. The highest BCUT2D eigenvalue weighted by molar-refractivity contribution is 5.75. The summed E-state index contributed by atoms with van der Waals surface area (Å²) in [7, 11) is 0. The van der Waals surface area contributed by atoms with E-state index >= 15 is 0 Å². The van der Waals surface area contributed by atoms with Gasteiger partial charge in [0.2, 0.25) is 0 Å². The standard InChI is InChI=1S/C16H18N6.2C2HF3O2/c1-2-14-15(20-12-19-14)9-13(1)11-21-5-7-22(8-6-21)16-10-17-3-4-18-16;2*3-2(4,5)1(6)7/h1-4,9-10,12H,5-8,11H2,(H,19,20);2*(H,6,7). The fourth-order valence-corrected chi connectivity index (χ4v) is 2.93. The van der Waals surface area contributed by atoms with Gasteiger partial charge in [-0.25, -0.2) is 19.6 Å². The fraction of sp³-hybridized carbons (Fsp3) is 0.350. The van der Waals surface area contributed by atoms with Crippen molar-refractivity contribution in [1.29, 1.82) is 0 Å². The Kier molecular flexibility index (Phi) is 9.54. The van der Waals surface area contributed by atoms with Gasteiger partial charge in [-0.1, -0.05) is 6.07 Å². The van der Waals surface area contributed by atoms with E-state index in [2.05, 4.69) is 47.9 Å². The van der Waals surface area contributed by atoms with Gasteiger partial charge in [0.05, 0.1) is 23.6 Å². The molecule has 0 amide bonds. The molecule has 0 unspecified atom stereocenters. The predicted molar refractivity (Wildman–Crippen MR) is 113 cm³/mol. The van der Waals surface area contributed by atoms with E-state index < -0.39 is 24.3 Å². The second-order valence-electron chi connectivity index (χ2n) is 7.19. The summed E-state index contributed by atoms with van der Waals surface area (Å²) >= 11 is 0. The van der Waals surface area contributed by atoms with E-state index in [4.69, 9.17) is 19.8 Å². The molecule has 1 aromatic carbocycles. The van der Waals surface area contributed by atoms with Crippen molar-refractivity contribution in [2.45, 2.75) is 18.9 Å². The van der Waals surface area contributed by atoms with Crippen molar-refractivity contribution in [3.8, 4) is 0 Å². The first-order valence-corrected chi connectivity index (χ1v) is 10.0. The van der Waals surface area contributed by atoms with Crippen LogP contribution in [0.25, 0.3) is 11.0 Å². The number of halogens is 6. The van der Waals surface area contributed by atoms with E-state index in [-0.39, 0.29) is 0 Å². The van der Waals surface area contributed by atoms with E-state index in [9.17, 15) is 26.3 Å². The van der Waals surface area contributed by atoms with Crippen molar-refractivity contribution in [2.24, 2.45) is 0 Å². The van der Waals surface area contributed by atoms with Crippen molar-refractivity contribution in [3.05, 3.63) is 48.7 Å². The van der Waals surface area contributed by atoms with Gasteiger partial charge in [0.15, 0.2) is 0 Å². The molecule has 0 atom stereocenters. The molecule has 0 saturated carbocycles. The predicted octanol–water partition coefficient (Wildman–Crippen LogP) is 2.94. The Bertz CT molecular complexity index is 1110. The number of nitrogens with one attached hydrogen (secondary N) is 1. The molecule has 1 fully saturated rings. The van der Waals surface area contributed by atoms with Crippen LogP contribution in [0.1, 0.15) is 5.56 Å². The number of hydrogen-bond donors (Lipinski definition) is 3. The molecule has 3 aromatic rings. The van der Waals surface area contributed by atoms with Crippen molar-refractivity contribution < 1.29 is 46.1 Å². The number of aromatic nitrogens is 4. The number of H-pyrrole nitrogens is 1. The van der Waals surface area contributed by atoms with Gasteiger partial charge in [-0.15, -0.1) is 0 Å². The summed E-state index contributed by atoms with van der Waals surface area (Å²) in [6.45, 7) is 5.04. The Morgan fingerprint density at radius 3 is 2.00 bits per heavy atom. The minimum atomic E-state index is -5.08. The number of imidazole rings is 1. The third kappa shape index (κ3) is 9.01. The minimum absolute atomic E-state index is 0.973. The molecule has 4 rings (SSSR count). The van der Waals surface area contributed by atoms with Crippen LogP contribution in [0.4, 0.5) is 32.2 Å². The third-order valence-corrected chi connectivity index (χ3v) is 4.62. The van der Waals surface area contributed by atoms with Crippen LogP contribution in [-0.4, -0.2) is 85.5 Å². The molecular formula is C20H20F6N6O4. The van der Waals surface area contributed by atoms with Crippen molar-refractivity contribution >= 4 is 28.8 Å². The zero-order valence-electron chi connectivity index (χ0n) is 18.3. The molecule has 2 aromatic heterocycles. The molecule has 0 radical (unpaired) electrons. The Hall–Kier alpha value is -3.95. The first kappa shape index (κ1) is 28.3. The molecule has 0 bridgehead atoms. The summed E-state index contributed by atoms with van der Waals surface area (Å²) < 4.78 is 63.5. The monoisotopic (exact) mass is 522 g/mol. The smallest absolute Gasteiger partial charge is 0.475 e. The van der Waals surface area contributed by atoms with E-state index in [1.165, 1.54) is 5.56 Å². The second kappa shape index (κ2) is 12.1. The summed E-state index contributed by atoms with van der Waals surface area (Å²) in [5.74, 6) is -4.54. The number of fused-ring (bicyclic) bond motifs is 1. The highest BCUT2D eigenvalue weighted by Gasteiger charge is 2.38. The van der Waals surface area contributed by atoms with Crippen LogP contribution in [-0.2, 0) is 16.1 Å². The Labute approximate surface area is 199 Å². The van der Waals surface area contributed by atoms with Gasteiger partial charge in [0, 0.05) is 45.1 Å². The molecule has 196 valence electrons. The zero-order valence-corrected chi connectivity index (χ0v) is 18.3. The van der Waals surface area contributed by atoms with Crippen LogP contribution in [0.15, 0.2) is 43.1 Å². The molecule has 36 heavy (non-hydrogen) atoms. The number of nitrogens with zero attached hydrogens (tertiary/aromatic N) is 5. The third-order valence-electron chi connectivity index (χ3n) is 4.62. The van der Waals surface area contributed by atoms with Crippen LogP contribution >= 0.6 is 0 Å². The molecule has 1 aliphatic heterocycles. The number of carbonyl (C=O) groups is 2. The van der Waals surface area contributed by atoms with Gasteiger partial charge >= 0.3 is 24.3 Å². The molecule has 1 saturated heterocycles. The molecule has 1 aliphatic rings. The van der Waals surface area contributed by atoms with E-state index in [0.29, 0.717) is 0 Å². The maximum atomic E-state index is 10.6. The number of carboxylic acids is 2. The van der Waals surface area contributed by atoms with E-state index in [1.54, 1.807) is 18.7 Å². The topological polar surface area (TPSA) is 136 Å². The first-order valence-electron chi connectivity index (χ1n) is 10.0. The number of carboxylic acid groups (broad SMARTS) is 2. The van der Waals surface area contributed by atoms with E-state index in [0.717, 1.165) is 49.6 Å². The van der Waals surface area contributed by atoms with Crippen LogP contribution in [0, 0.1) is 0 Å². The molecule has 16 heteroatoms. The number of hydrogen-bond acceptors (Lipinski definition) is 7. The quantitative estimate of drug-likeness (QED) is 0.444. The van der Waals surface area contributed by atoms with Crippen LogP contribution in [0.2, 0.25) is 0 Å². The summed E-state index contributed by atoms with van der Waals surface area (Å²) in [6.07, 6.45) is -3.12. The fourth-order valence-electron chi connectivity index (χ4n) is 2.93. The van der Waals surface area contributed by atoms with Gasteiger partial charge in [0.1, 0.15) is 5.82 Å². The zero-order chi connectivity index (χ0) is 26.9. The van der Waals surface area contributed by atoms with Gasteiger partial charge in [-0.05, 0) is 17.7 Å². The summed E-state index contributed by atoms with van der Waals surface area (Å²) in [6, 6.07) is 6.44. The summed E-state index contributed by atoms with van der Waals surface area (Å²) in [5, 5.41) is 14.2. The Balaban J connectivity index is 0.000000271. The van der Waals surface area contributed by atoms with Crippen molar-refractivity contribution in [3.63, 3.8) is 0 Å². The van der Waals surface area contributed by atoms with E-state index in [1.807, 2.05) is 6.20 Å². The van der Waals surface area contributed by atoms with Crippen molar-refractivity contribution in [2.75, 3.05) is 31.1 Å². The number of rotatable bonds is 3. The SMILES string of the molecule is O=C(O)C(F)(F)F.O=C(O)C(F)(F)F.c1cnc(N2CCN(Cc3ccc4nc[nH]c4c3)CC2)cn1. The maximum Gasteiger partial charge on any atom is 0.490 e. The average Bonchev–Trinajstić information content (AvgIpc) is 3.28. The van der Waals surface area contributed by atoms with Gasteiger partial charge in [0.25, 0.3) is 0 Å². The second-order valence-corrected chi connectivity index (χ2v) is 7.19. The Morgan fingerprint density at radius 1 is 0.917 bits per heavy atom. The highest BCUT2D eigenvalue weighted by Crippen LogP contribution is 2.17. The number of benzene rings is 1. The van der Waals surface area contributed by atoms with Crippen LogP contribution in [0.3, 0.4) is 0 Å². The maximum absolute atomic E-state index is 10.6. The van der Waals surface area contributed by atoms with Gasteiger partial charge in [-0.2, -0.15) is 26.3 Å². The highest BCUT2D eigenvalue weighted by atomic mass is 19.4. The van der Waals surface area contributed by atoms with Gasteiger partial charge in [-0.3, -0.25) is 9.88 Å². The van der Waals surface area contributed by atoms with Crippen LogP contribution in [0.5, 0.6) is 0 Å². The lowest BCUT2D eigenvalue weighted by Gasteiger charge is -2.35. The molecule has 3 N–H and O–H groups in total. The largest absolute Gasteiger partial charge is 0.490 e. The Morgan fingerprint density at radius 2 is 1.50 bits per heavy atom. The molecular weight excluding hydrogens is 502 g/mol. The summed E-state index contributed by atoms with van der Waals surface area (Å²) in [4.78, 5) is 38.5. The number of aromatic amines is 1. The molecule has 3 heterocycles. The number of anilines is 1. The number of aliphatic carboxylic acids is 2. The van der Waals surface area contributed by atoms with Gasteiger partial charge < -0.3 is 20.1 Å². The first-order chi connectivity index (χ1) is 16.8. The minimum Gasteiger partial charge on any atom is -0.475 e. The molecule has 10 nitrogen and oxygen atoms in total. The number of piperazine rings is 1.